The summed E-state index contributed by atoms with van der Waals surface area (Å²) in [7, 11) is 0. The summed E-state index contributed by atoms with van der Waals surface area (Å²) < 4.78 is 15.4. The summed E-state index contributed by atoms with van der Waals surface area (Å²) in [6.07, 6.45) is 14.1. The fraction of sp³-hybridized carbons (Fsp3) is 0.143. The predicted octanol–water partition coefficient (Wildman–Crippen LogP) is 7.10. The molecule has 1 saturated heterocycles. The molecule has 3 atom stereocenters. The monoisotopic (exact) mass is 957 g/mol. The number of aliphatic imine (C=N–C) groups is 1. The average Bonchev–Trinajstić information content (AvgIpc) is 4.04. The van der Waals surface area contributed by atoms with Crippen molar-refractivity contribution in [2.24, 2.45) is 16.6 Å². The third kappa shape index (κ3) is 7.50. The first-order chi connectivity index (χ1) is 32.1. The van der Waals surface area contributed by atoms with E-state index in [-0.39, 0.29) is 16.1 Å². The molecule has 316 valence electrons. The summed E-state index contributed by atoms with van der Waals surface area (Å²) in [4.78, 5) is 20.4. The van der Waals surface area contributed by atoms with Gasteiger partial charge in [0.25, 0.3) is 0 Å². The van der Waals surface area contributed by atoms with E-state index in [1.54, 1.807) is 0 Å². The molecule has 9 heteroatoms. The summed E-state index contributed by atoms with van der Waals surface area (Å²) >= 11 is -0.571. The van der Waals surface area contributed by atoms with Crippen LogP contribution in [0.25, 0.3) is 62.9 Å². The number of halogens is 1. The Balaban J connectivity index is 0.856. The van der Waals surface area contributed by atoms with E-state index in [1.165, 1.54) is 36.9 Å². The number of hydrogen-bond acceptors (Lipinski definition) is 5. The van der Waals surface area contributed by atoms with E-state index >= 15 is 0 Å². The van der Waals surface area contributed by atoms with Crippen molar-refractivity contribution in [1.82, 2.24) is 24.2 Å². The molecular formula is C56H44IN7O. The van der Waals surface area contributed by atoms with Crippen molar-refractivity contribution in [3.05, 3.63) is 201 Å². The first-order valence-corrected chi connectivity index (χ1v) is 24.7. The van der Waals surface area contributed by atoms with Crippen LogP contribution in [0.3, 0.4) is 0 Å². The van der Waals surface area contributed by atoms with E-state index in [0.717, 1.165) is 77.2 Å². The van der Waals surface area contributed by atoms with Gasteiger partial charge in [-0.3, -0.25) is 0 Å². The number of aromatic nitrogens is 4. The Morgan fingerprint density at radius 3 is 2.08 bits per heavy atom. The molecule has 0 spiro atoms. The van der Waals surface area contributed by atoms with E-state index in [0.29, 0.717) is 23.3 Å². The molecule has 0 saturated carbocycles. The van der Waals surface area contributed by atoms with Gasteiger partial charge in [-0.25, -0.2) is 0 Å². The topological polar surface area (TPSA) is 105 Å². The number of allylic oxidation sites excluding steroid dienone is 2. The number of hydrogen-bond donors (Lipinski definition) is 1. The van der Waals surface area contributed by atoms with E-state index in [1.807, 2.05) is 60.7 Å². The number of ether oxygens (including phenoxy) is 1. The molecule has 8 aromatic rings. The van der Waals surface area contributed by atoms with E-state index in [4.69, 9.17) is 35.1 Å². The molecule has 6 aromatic carbocycles. The number of nitrogens with zero attached hydrogens (tertiary/aromatic N) is 6. The van der Waals surface area contributed by atoms with Crippen LogP contribution in [0.4, 0.5) is 0 Å². The van der Waals surface area contributed by atoms with E-state index in [9.17, 15) is 0 Å². The predicted molar refractivity (Wildman–Crippen MR) is 258 cm³/mol. The Hall–Kier alpha value is -7.20. The molecule has 4 aliphatic rings. The average molecular weight is 958 g/mol. The normalized spacial score (nSPS) is 18.5. The number of para-hydroxylation sites is 1. The summed E-state index contributed by atoms with van der Waals surface area (Å²) in [6, 6.07) is 52.6. The molecule has 1 fully saturated rings. The fourth-order valence-corrected chi connectivity index (χ4v) is 12.6. The van der Waals surface area contributed by atoms with Gasteiger partial charge in [0.15, 0.2) is 0 Å². The van der Waals surface area contributed by atoms with Gasteiger partial charge in [0.2, 0.25) is 0 Å². The fourth-order valence-electron chi connectivity index (χ4n) is 9.55. The Morgan fingerprint density at radius 1 is 0.677 bits per heavy atom. The molecule has 0 amide bonds. The Bertz CT molecular complexity index is 3290. The van der Waals surface area contributed by atoms with Crippen molar-refractivity contribution in [3.63, 3.8) is 0 Å². The Morgan fingerprint density at radius 2 is 1.32 bits per heavy atom. The maximum atomic E-state index is 6.96. The molecule has 0 bridgehead atoms. The van der Waals surface area contributed by atoms with Crippen LogP contribution in [0.2, 0.25) is 0 Å². The number of nitrogens with two attached hydrogens (primary N) is 1. The molecule has 8 nitrogen and oxygen atoms in total. The standard InChI is InChI=1S/C56H44IN7O/c58-52(60-50-46-34-47(36-14-3-1-4-15-36)59-56(46)65-51(50)57-42-30-27-35-13-7-8-18-41(35)33-42)37-23-25-39(26-24-37)54-61-53(38-16-5-2-6-17-38)62-55(63-54)40-28-31-43(32-29-40)64-48-21-11-9-19-44(48)45-20-10-12-22-49(45)64/h1-6,8-11,14-21,23-33,46,50-51H,7,12-13,22,34H2,(H2,58,60)/t46-,50?,51?/m1/s1. The molecule has 2 aliphatic heterocycles. The number of fused-ring (bicyclic) bond motifs is 5. The van der Waals surface area contributed by atoms with Crippen LogP contribution < -0.4 is 31.6 Å². The van der Waals surface area contributed by atoms with Gasteiger partial charge in [0.05, 0.1) is 5.52 Å². The summed E-state index contributed by atoms with van der Waals surface area (Å²) in [5.41, 5.74) is 20.4. The third-order valence-electron chi connectivity index (χ3n) is 12.8. The summed E-state index contributed by atoms with van der Waals surface area (Å²) in [5, 5.41) is 1.28. The van der Waals surface area contributed by atoms with Gasteiger partial charge in [-0.15, -0.1) is 0 Å². The summed E-state index contributed by atoms with van der Waals surface area (Å²) in [5.74, 6) is 3.11. The van der Waals surface area contributed by atoms with Crippen molar-refractivity contribution in [3.8, 4) is 39.9 Å². The quantitative estimate of drug-likeness (QED) is 0.0547. The van der Waals surface area contributed by atoms with Gasteiger partial charge in [0, 0.05) is 22.3 Å². The molecule has 2 aliphatic carbocycles. The number of benzene rings is 6. The van der Waals surface area contributed by atoms with Crippen LogP contribution in [0.1, 0.15) is 52.8 Å². The molecular weight excluding hydrogens is 914 g/mol. The minimum absolute atomic E-state index is 0.0319. The summed E-state index contributed by atoms with van der Waals surface area (Å²) in [6.45, 7) is 0. The van der Waals surface area contributed by atoms with Crippen molar-refractivity contribution in [2.45, 2.75) is 42.3 Å². The van der Waals surface area contributed by atoms with Crippen LogP contribution in [0.15, 0.2) is 169 Å². The zero-order valence-corrected chi connectivity index (χ0v) is 37.7. The number of amidine groups is 1. The number of rotatable bonds is 9. The third-order valence-corrected chi connectivity index (χ3v) is 15.8. The molecule has 2 aromatic heterocycles. The van der Waals surface area contributed by atoms with Crippen molar-refractivity contribution >= 4 is 40.5 Å². The van der Waals surface area contributed by atoms with Crippen molar-refractivity contribution in [1.29, 1.82) is 0 Å². The minimum atomic E-state index is -0.571. The Labute approximate surface area is 388 Å². The maximum absolute atomic E-state index is 6.96. The molecule has 0 radical (unpaired) electrons. The number of aryl methyl sites for hydroxylation is 1. The van der Waals surface area contributed by atoms with Crippen LogP contribution in [0.5, 0.6) is 0 Å². The molecule has 4 heterocycles. The molecule has 12 rings (SSSR count). The first kappa shape index (κ1) is 39.4. The van der Waals surface area contributed by atoms with Crippen molar-refractivity contribution < 1.29 is 25.9 Å². The van der Waals surface area contributed by atoms with Gasteiger partial charge >= 0.3 is 254 Å². The molecule has 2 unspecified atom stereocenters. The van der Waals surface area contributed by atoms with Crippen LogP contribution in [0, 0.1) is 9.49 Å². The van der Waals surface area contributed by atoms with Gasteiger partial charge in [-0.05, 0) is 43.2 Å². The van der Waals surface area contributed by atoms with Crippen LogP contribution in [-0.4, -0.2) is 47.1 Å². The van der Waals surface area contributed by atoms with Crippen LogP contribution >= 0.6 is 0 Å². The van der Waals surface area contributed by atoms with Gasteiger partial charge in [-0.1, -0.05) is 60.7 Å². The second-order valence-electron chi connectivity index (χ2n) is 16.9. The van der Waals surface area contributed by atoms with Gasteiger partial charge in [-0.2, -0.15) is 0 Å². The van der Waals surface area contributed by atoms with Crippen molar-refractivity contribution in [2.75, 3.05) is 0 Å². The second-order valence-corrected chi connectivity index (χ2v) is 20.0. The van der Waals surface area contributed by atoms with Gasteiger partial charge < -0.3 is 4.57 Å². The Kier molecular flexibility index (Phi) is 10.1. The zero-order chi connectivity index (χ0) is 43.3. The SMILES string of the molecule is NC(=NC1C([I-]c2ccc3c(c2)C=CCC3)OC2=[N+]=C(c3ccccc3)C[C@@H]21)c1ccc(-c2nc(-c3ccccc3)nc(-c3ccc(-n4c5c(c6ccccc64)C=CCC5)cc3)n2)cc1. The zero-order valence-electron chi connectivity index (χ0n) is 35.6. The van der Waals surface area contributed by atoms with E-state index in [2.05, 4.69) is 120 Å². The molecule has 2 N–H and O–H groups in total. The first-order valence-electron chi connectivity index (χ1n) is 22.3. The molecule has 65 heavy (non-hydrogen) atoms. The van der Waals surface area contributed by atoms with Crippen LogP contribution in [-0.2, 0) is 17.6 Å². The number of alkyl halides is 1. The van der Waals surface area contributed by atoms with Gasteiger partial charge in [0.1, 0.15) is 0 Å². The second kappa shape index (κ2) is 16.7. The van der Waals surface area contributed by atoms with E-state index < -0.39 is 21.2 Å².